The van der Waals surface area contributed by atoms with Crippen molar-refractivity contribution in [3.05, 3.63) is 46.0 Å². The quantitative estimate of drug-likeness (QED) is 0.791. The third-order valence-electron chi connectivity index (χ3n) is 3.64. The van der Waals surface area contributed by atoms with Crippen LogP contribution in [0.5, 0.6) is 0 Å². The molecule has 0 saturated heterocycles. The number of benzene rings is 1. The summed E-state index contributed by atoms with van der Waals surface area (Å²) in [6, 6.07) is 5.74. The van der Waals surface area contributed by atoms with Gasteiger partial charge in [0, 0.05) is 15.7 Å². The molecule has 0 atom stereocenters. The Bertz CT molecular complexity index is 646. The number of fused-ring (bicyclic) bond motifs is 1. The zero-order chi connectivity index (χ0) is 13.4. The summed E-state index contributed by atoms with van der Waals surface area (Å²) in [7, 11) is 0. The third-order valence-corrected chi connectivity index (χ3v) is 4.28. The van der Waals surface area contributed by atoms with Crippen LogP contribution in [-0.4, -0.2) is 15.3 Å². The van der Waals surface area contributed by atoms with Crippen molar-refractivity contribution in [1.29, 1.82) is 0 Å². The molecule has 0 radical (unpaired) electrons. The predicted molar refractivity (Wildman–Crippen MR) is 77.9 cm³/mol. The smallest absolute Gasteiger partial charge is 0.159 e. The van der Waals surface area contributed by atoms with E-state index in [1.165, 1.54) is 24.2 Å². The summed E-state index contributed by atoms with van der Waals surface area (Å²) in [6.07, 6.45) is 6.50. The highest BCUT2D eigenvalue weighted by molar-refractivity contribution is 9.10. The summed E-state index contributed by atoms with van der Waals surface area (Å²) in [5, 5.41) is 0. The molecule has 19 heavy (non-hydrogen) atoms. The molecule has 3 nitrogen and oxygen atoms in total. The van der Waals surface area contributed by atoms with Gasteiger partial charge < -0.3 is 4.57 Å². The lowest BCUT2D eigenvalue weighted by Gasteiger charge is -2.15. The molecule has 0 bridgehead atoms. The Labute approximate surface area is 120 Å². The summed E-state index contributed by atoms with van der Waals surface area (Å²) in [4.78, 5) is 15.9. The van der Waals surface area contributed by atoms with Crippen LogP contribution in [0.15, 0.2) is 29.0 Å². The van der Waals surface area contributed by atoms with Crippen molar-refractivity contribution in [2.24, 2.45) is 0 Å². The van der Waals surface area contributed by atoms with Gasteiger partial charge in [-0.3, -0.25) is 4.79 Å². The molecule has 4 heteroatoms. The number of halogens is 1. The van der Waals surface area contributed by atoms with Gasteiger partial charge in [-0.2, -0.15) is 0 Å². The molecule has 2 aromatic rings. The predicted octanol–water partition coefficient (Wildman–Crippen LogP) is 3.72. The molecule has 0 aliphatic heterocycles. The Morgan fingerprint density at radius 1 is 1.32 bits per heavy atom. The van der Waals surface area contributed by atoms with E-state index in [1.54, 1.807) is 6.92 Å². The van der Waals surface area contributed by atoms with Crippen LogP contribution in [0.2, 0.25) is 0 Å². The molecule has 3 rings (SSSR count). The van der Waals surface area contributed by atoms with Crippen LogP contribution in [0.25, 0.3) is 5.69 Å². The van der Waals surface area contributed by atoms with Crippen molar-refractivity contribution in [2.75, 3.05) is 0 Å². The van der Waals surface area contributed by atoms with E-state index < -0.39 is 0 Å². The first-order valence-electron chi connectivity index (χ1n) is 6.53. The van der Waals surface area contributed by atoms with Gasteiger partial charge in [-0.15, -0.1) is 0 Å². The lowest BCUT2D eigenvalue weighted by molar-refractivity contribution is 0.101. The lowest BCUT2D eigenvalue weighted by Crippen LogP contribution is -2.07. The zero-order valence-corrected chi connectivity index (χ0v) is 12.4. The lowest BCUT2D eigenvalue weighted by atomic mass is 10.0. The Kier molecular flexibility index (Phi) is 3.27. The van der Waals surface area contributed by atoms with Gasteiger partial charge in [0.25, 0.3) is 0 Å². The average Bonchev–Trinajstić information content (AvgIpc) is 2.82. The summed E-state index contributed by atoms with van der Waals surface area (Å²) >= 11 is 3.56. The Balaban J connectivity index is 2.07. The number of hydrogen-bond donors (Lipinski definition) is 0. The minimum atomic E-state index is 0.0833. The van der Waals surface area contributed by atoms with E-state index in [4.69, 9.17) is 0 Å². The van der Waals surface area contributed by atoms with Crippen molar-refractivity contribution >= 4 is 21.7 Å². The van der Waals surface area contributed by atoms with Crippen molar-refractivity contribution in [3.8, 4) is 5.69 Å². The van der Waals surface area contributed by atoms with Crippen LogP contribution in [0.1, 0.15) is 41.5 Å². The zero-order valence-electron chi connectivity index (χ0n) is 10.8. The van der Waals surface area contributed by atoms with Crippen molar-refractivity contribution in [1.82, 2.24) is 9.55 Å². The topological polar surface area (TPSA) is 34.9 Å². The fraction of sp³-hybridized carbons (Fsp3) is 0.333. The van der Waals surface area contributed by atoms with Crippen LogP contribution in [0.4, 0.5) is 0 Å². The number of ketones is 1. The number of imidazole rings is 1. The van der Waals surface area contributed by atoms with E-state index in [1.807, 2.05) is 24.5 Å². The number of aryl methyl sites for hydroxylation is 1. The Hall–Kier alpha value is -1.42. The molecule has 1 aliphatic carbocycles. The van der Waals surface area contributed by atoms with Crippen molar-refractivity contribution in [3.63, 3.8) is 0 Å². The average molecular weight is 319 g/mol. The second kappa shape index (κ2) is 4.93. The molecule has 1 aromatic heterocycles. The largest absolute Gasteiger partial charge is 0.302 e. The SMILES string of the molecule is CC(=O)c1ccc(-n2cnc3c2CCCC3)c(Br)c1. The first kappa shape index (κ1) is 12.6. The van der Waals surface area contributed by atoms with Crippen LogP contribution >= 0.6 is 15.9 Å². The molecule has 0 N–H and O–H groups in total. The maximum atomic E-state index is 11.4. The molecule has 0 amide bonds. The fourth-order valence-corrected chi connectivity index (χ4v) is 3.17. The van der Waals surface area contributed by atoms with Gasteiger partial charge in [-0.1, -0.05) is 0 Å². The van der Waals surface area contributed by atoms with E-state index in [0.29, 0.717) is 0 Å². The van der Waals surface area contributed by atoms with Gasteiger partial charge in [0.15, 0.2) is 5.78 Å². The normalized spacial score (nSPS) is 14.2. The van der Waals surface area contributed by atoms with Crippen molar-refractivity contribution in [2.45, 2.75) is 32.6 Å². The number of aromatic nitrogens is 2. The molecule has 0 saturated carbocycles. The van der Waals surface area contributed by atoms with Crippen LogP contribution < -0.4 is 0 Å². The van der Waals surface area contributed by atoms with Crippen LogP contribution in [0.3, 0.4) is 0 Å². The third kappa shape index (κ3) is 2.25. The molecule has 1 heterocycles. The number of nitrogens with zero attached hydrogens (tertiary/aromatic N) is 2. The highest BCUT2D eigenvalue weighted by Crippen LogP contribution is 2.28. The number of hydrogen-bond acceptors (Lipinski definition) is 2. The minimum absolute atomic E-state index is 0.0833. The van der Waals surface area contributed by atoms with E-state index >= 15 is 0 Å². The molecule has 98 valence electrons. The summed E-state index contributed by atoms with van der Waals surface area (Å²) < 4.78 is 3.08. The first-order chi connectivity index (χ1) is 9.16. The molecule has 1 aliphatic rings. The van der Waals surface area contributed by atoms with E-state index in [-0.39, 0.29) is 5.78 Å². The molecule has 0 unspecified atom stereocenters. The number of Topliss-reactive ketones (excluding diaryl/α,β-unsaturated/α-hetero) is 1. The van der Waals surface area contributed by atoms with Gasteiger partial charge in [0.05, 0.1) is 17.7 Å². The monoisotopic (exact) mass is 318 g/mol. The van der Waals surface area contributed by atoms with Crippen LogP contribution in [0, 0.1) is 0 Å². The summed E-state index contributed by atoms with van der Waals surface area (Å²) in [5.41, 5.74) is 4.31. The molecule has 1 aromatic carbocycles. The second-order valence-corrected chi connectivity index (χ2v) is 5.79. The maximum absolute atomic E-state index is 11.4. The highest BCUT2D eigenvalue weighted by atomic mass is 79.9. The molecule has 0 fully saturated rings. The van der Waals surface area contributed by atoms with E-state index in [0.717, 1.165) is 28.6 Å². The number of rotatable bonds is 2. The first-order valence-corrected chi connectivity index (χ1v) is 7.32. The summed E-state index contributed by atoms with van der Waals surface area (Å²) in [6.45, 7) is 1.58. The van der Waals surface area contributed by atoms with Gasteiger partial charge in [-0.25, -0.2) is 4.98 Å². The number of carbonyl (C=O) groups excluding carboxylic acids is 1. The minimum Gasteiger partial charge on any atom is -0.302 e. The fourth-order valence-electron chi connectivity index (χ4n) is 2.60. The Morgan fingerprint density at radius 2 is 2.11 bits per heavy atom. The highest BCUT2D eigenvalue weighted by Gasteiger charge is 2.17. The molecule has 0 spiro atoms. The van der Waals surface area contributed by atoms with Gasteiger partial charge in [-0.05, 0) is 66.7 Å². The van der Waals surface area contributed by atoms with Gasteiger partial charge >= 0.3 is 0 Å². The Morgan fingerprint density at radius 3 is 2.84 bits per heavy atom. The maximum Gasteiger partial charge on any atom is 0.159 e. The standard InChI is InChI=1S/C15H15BrN2O/c1-10(19)11-6-7-14(12(16)8-11)18-9-17-13-4-2-3-5-15(13)18/h6-9H,2-5H2,1H3. The number of carbonyl (C=O) groups is 1. The van der Waals surface area contributed by atoms with Crippen molar-refractivity contribution < 1.29 is 4.79 Å². The van der Waals surface area contributed by atoms with Gasteiger partial charge in [0.2, 0.25) is 0 Å². The molecular formula is C15H15BrN2O. The van der Waals surface area contributed by atoms with E-state index in [9.17, 15) is 4.79 Å². The summed E-state index contributed by atoms with van der Waals surface area (Å²) in [5.74, 6) is 0.0833. The molecular weight excluding hydrogens is 304 g/mol. The van der Waals surface area contributed by atoms with E-state index in [2.05, 4.69) is 25.5 Å². The van der Waals surface area contributed by atoms with Gasteiger partial charge in [0.1, 0.15) is 0 Å². The van der Waals surface area contributed by atoms with Crippen LogP contribution in [-0.2, 0) is 12.8 Å². The second-order valence-electron chi connectivity index (χ2n) is 4.94.